The molecule has 3 nitrogen and oxygen atoms in total. The molecule has 0 radical (unpaired) electrons. The molecule has 3 rings (SSSR count). The molecule has 0 amide bonds. The van der Waals surface area contributed by atoms with Crippen LogP contribution in [0.4, 0.5) is 5.95 Å². The van der Waals surface area contributed by atoms with E-state index in [0.717, 1.165) is 29.9 Å². The van der Waals surface area contributed by atoms with E-state index in [9.17, 15) is 0 Å². The van der Waals surface area contributed by atoms with E-state index in [1.807, 2.05) is 12.4 Å². The summed E-state index contributed by atoms with van der Waals surface area (Å²) in [5.74, 6) is 0.912. The summed E-state index contributed by atoms with van der Waals surface area (Å²) in [6.07, 6.45) is 13.8. The molecular weight excluding hydrogens is 302 g/mol. The zero-order valence-electron chi connectivity index (χ0n) is 11.4. The number of anilines is 1. The van der Waals surface area contributed by atoms with E-state index >= 15 is 0 Å². The van der Waals surface area contributed by atoms with Crippen LogP contribution in [0.1, 0.15) is 50.5 Å². The van der Waals surface area contributed by atoms with E-state index in [1.54, 1.807) is 0 Å². The predicted octanol–water partition coefficient (Wildman–Crippen LogP) is 3.92. The molecule has 0 N–H and O–H groups in total. The highest BCUT2D eigenvalue weighted by molar-refractivity contribution is 9.08. The summed E-state index contributed by atoms with van der Waals surface area (Å²) in [6.45, 7) is 2.27. The fraction of sp³-hybridized carbons (Fsp3) is 0.733. The van der Waals surface area contributed by atoms with Crippen LogP contribution in [-0.2, 0) is 5.33 Å². The standard InChI is InChI=1S/C15H22BrN3/c16-10-13-11-17-14(18-12-13)19-8-6-15(7-9-19)4-2-1-3-5-15/h11-12H,1-10H2. The zero-order valence-corrected chi connectivity index (χ0v) is 13.0. The second kappa shape index (κ2) is 5.78. The molecule has 1 saturated carbocycles. The van der Waals surface area contributed by atoms with Crippen molar-refractivity contribution in [2.75, 3.05) is 18.0 Å². The van der Waals surface area contributed by atoms with Gasteiger partial charge < -0.3 is 4.90 Å². The van der Waals surface area contributed by atoms with Gasteiger partial charge in [0.05, 0.1) is 0 Å². The van der Waals surface area contributed by atoms with Gasteiger partial charge >= 0.3 is 0 Å². The smallest absolute Gasteiger partial charge is 0.225 e. The molecular formula is C15H22BrN3. The highest BCUT2D eigenvalue weighted by atomic mass is 79.9. The second-order valence-electron chi connectivity index (χ2n) is 6.07. The minimum Gasteiger partial charge on any atom is -0.341 e. The number of aromatic nitrogens is 2. The summed E-state index contributed by atoms with van der Waals surface area (Å²) in [5, 5.41) is 0.830. The zero-order chi connectivity index (χ0) is 13.1. The minimum absolute atomic E-state index is 0.657. The molecule has 0 unspecified atom stereocenters. The Morgan fingerprint density at radius 2 is 1.63 bits per heavy atom. The van der Waals surface area contributed by atoms with Crippen LogP contribution in [0.5, 0.6) is 0 Å². The molecule has 1 aromatic heterocycles. The molecule has 104 valence electrons. The van der Waals surface area contributed by atoms with Gasteiger partial charge in [-0.15, -0.1) is 0 Å². The second-order valence-corrected chi connectivity index (χ2v) is 6.63. The van der Waals surface area contributed by atoms with Crippen molar-refractivity contribution in [3.63, 3.8) is 0 Å². The highest BCUT2D eigenvalue weighted by Crippen LogP contribution is 2.44. The van der Waals surface area contributed by atoms with E-state index in [4.69, 9.17) is 0 Å². The molecule has 2 aliphatic rings. The molecule has 0 aromatic carbocycles. The summed E-state index contributed by atoms with van der Waals surface area (Å²) >= 11 is 3.43. The first-order valence-corrected chi connectivity index (χ1v) is 8.55. The molecule has 1 aliphatic heterocycles. The number of alkyl halides is 1. The lowest BCUT2D eigenvalue weighted by Gasteiger charge is -2.44. The topological polar surface area (TPSA) is 29.0 Å². The van der Waals surface area contributed by atoms with Gasteiger partial charge in [0.2, 0.25) is 5.95 Å². The maximum atomic E-state index is 4.49. The molecule has 2 heterocycles. The van der Waals surface area contributed by atoms with Gasteiger partial charge in [0, 0.05) is 30.8 Å². The van der Waals surface area contributed by atoms with Crippen molar-refractivity contribution in [2.24, 2.45) is 5.41 Å². The Morgan fingerprint density at radius 3 is 2.21 bits per heavy atom. The summed E-state index contributed by atoms with van der Waals surface area (Å²) in [6, 6.07) is 0. The number of hydrogen-bond acceptors (Lipinski definition) is 3. The van der Waals surface area contributed by atoms with E-state index in [0.29, 0.717) is 5.41 Å². The molecule has 1 aromatic rings. The van der Waals surface area contributed by atoms with Gasteiger partial charge in [-0.3, -0.25) is 0 Å². The van der Waals surface area contributed by atoms with Gasteiger partial charge in [0.1, 0.15) is 0 Å². The van der Waals surface area contributed by atoms with Crippen LogP contribution >= 0.6 is 15.9 Å². The third kappa shape index (κ3) is 2.93. The first kappa shape index (κ1) is 13.3. The molecule has 19 heavy (non-hydrogen) atoms. The number of hydrogen-bond donors (Lipinski definition) is 0. The summed E-state index contributed by atoms with van der Waals surface area (Å²) in [4.78, 5) is 11.3. The van der Waals surface area contributed by atoms with Crippen LogP contribution in [0.15, 0.2) is 12.4 Å². The summed E-state index contributed by atoms with van der Waals surface area (Å²) < 4.78 is 0. The lowest BCUT2D eigenvalue weighted by Crippen LogP contribution is -2.41. The van der Waals surface area contributed by atoms with Gasteiger partial charge in [0.15, 0.2) is 0 Å². The van der Waals surface area contributed by atoms with Crippen molar-refractivity contribution in [2.45, 2.75) is 50.3 Å². The Hall–Kier alpha value is -0.640. The SMILES string of the molecule is BrCc1cnc(N2CCC3(CCCCC3)CC2)nc1. The Bertz CT molecular complexity index is 402. The van der Waals surface area contributed by atoms with Crippen molar-refractivity contribution in [3.8, 4) is 0 Å². The predicted molar refractivity (Wildman–Crippen MR) is 81.6 cm³/mol. The van der Waals surface area contributed by atoms with Crippen molar-refractivity contribution < 1.29 is 0 Å². The summed E-state index contributed by atoms with van der Waals surface area (Å²) in [5.41, 5.74) is 1.80. The average molecular weight is 324 g/mol. The molecule has 2 fully saturated rings. The molecule has 1 aliphatic carbocycles. The first-order chi connectivity index (χ1) is 9.31. The third-order valence-corrected chi connectivity index (χ3v) is 5.51. The molecule has 1 saturated heterocycles. The van der Waals surface area contributed by atoms with E-state index in [-0.39, 0.29) is 0 Å². The van der Waals surface area contributed by atoms with Crippen molar-refractivity contribution in [1.82, 2.24) is 9.97 Å². The van der Waals surface area contributed by atoms with Crippen LogP contribution in [0.3, 0.4) is 0 Å². The number of nitrogens with zero attached hydrogens (tertiary/aromatic N) is 3. The normalized spacial score (nSPS) is 22.7. The van der Waals surface area contributed by atoms with Crippen LogP contribution in [0.25, 0.3) is 0 Å². The van der Waals surface area contributed by atoms with Gasteiger partial charge in [-0.2, -0.15) is 0 Å². The molecule has 1 spiro atoms. The fourth-order valence-electron chi connectivity index (χ4n) is 3.56. The maximum absolute atomic E-state index is 4.49. The number of halogens is 1. The molecule has 0 bridgehead atoms. The lowest BCUT2D eigenvalue weighted by atomic mass is 9.68. The molecule has 0 atom stereocenters. The Morgan fingerprint density at radius 1 is 1.00 bits per heavy atom. The largest absolute Gasteiger partial charge is 0.341 e. The maximum Gasteiger partial charge on any atom is 0.225 e. The van der Waals surface area contributed by atoms with Crippen molar-refractivity contribution >= 4 is 21.9 Å². The van der Waals surface area contributed by atoms with Gasteiger partial charge in [0.25, 0.3) is 0 Å². The van der Waals surface area contributed by atoms with Crippen LogP contribution in [-0.4, -0.2) is 23.1 Å². The lowest BCUT2D eigenvalue weighted by molar-refractivity contribution is 0.144. The third-order valence-electron chi connectivity index (χ3n) is 4.87. The fourth-order valence-corrected chi connectivity index (χ4v) is 3.85. The first-order valence-electron chi connectivity index (χ1n) is 7.43. The molecule has 4 heteroatoms. The summed E-state index contributed by atoms with van der Waals surface area (Å²) in [7, 11) is 0. The van der Waals surface area contributed by atoms with Gasteiger partial charge in [-0.05, 0) is 36.7 Å². The van der Waals surface area contributed by atoms with Crippen molar-refractivity contribution in [3.05, 3.63) is 18.0 Å². The van der Waals surface area contributed by atoms with E-state index in [1.165, 1.54) is 44.9 Å². The number of piperidine rings is 1. The van der Waals surface area contributed by atoms with Crippen LogP contribution in [0.2, 0.25) is 0 Å². The quantitative estimate of drug-likeness (QED) is 0.772. The Balaban J connectivity index is 1.62. The highest BCUT2D eigenvalue weighted by Gasteiger charge is 2.35. The van der Waals surface area contributed by atoms with Gasteiger partial charge in [-0.25, -0.2) is 9.97 Å². The Kier molecular flexibility index (Phi) is 4.06. The van der Waals surface area contributed by atoms with Crippen molar-refractivity contribution in [1.29, 1.82) is 0 Å². The monoisotopic (exact) mass is 323 g/mol. The van der Waals surface area contributed by atoms with E-state index < -0.39 is 0 Å². The van der Waals surface area contributed by atoms with Crippen LogP contribution in [0, 0.1) is 5.41 Å². The van der Waals surface area contributed by atoms with E-state index in [2.05, 4.69) is 30.8 Å². The Labute approximate surface area is 124 Å². The number of rotatable bonds is 2. The van der Waals surface area contributed by atoms with Crippen LogP contribution < -0.4 is 4.90 Å². The average Bonchev–Trinajstić information content (AvgIpc) is 2.49. The minimum atomic E-state index is 0.657. The van der Waals surface area contributed by atoms with Gasteiger partial charge in [-0.1, -0.05) is 35.2 Å².